The summed E-state index contributed by atoms with van der Waals surface area (Å²) in [6.45, 7) is 59.2. The molecule has 12 aromatic carbocycles. The quantitative estimate of drug-likeness (QED) is 0.0143. The van der Waals surface area contributed by atoms with E-state index in [9.17, 15) is 34.1 Å². The normalized spacial score (nSPS) is 12.4. The van der Waals surface area contributed by atoms with Crippen LogP contribution in [0, 0.1) is 76.3 Å². The molecule has 0 aliphatic carbocycles. The van der Waals surface area contributed by atoms with Gasteiger partial charge in [0.05, 0.1) is 16.1 Å². The van der Waals surface area contributed by atoms with E-state index in [4.69, 9.17) is 15.0 Å². The molecule has 0 saturated heterocycles. The molecule has 0 aliphatic rings. The number of carbonyl (C=O) groups is 3. The first-order valence-corrected chi connectivity index (χ1v) is 57.6. The summed E-state index contributed by atoms with van der Waals surface area (Å²) in [7, 11) is -3.14. The van der Waals surface area contributed by atoms with Gasteiger partial charge in [0.15, 0.2) is 17.3 Å². The Morgan fingerprint density at radius 1 is 0.340 bits per heavy atom. The van der Waals surface area contributed by atoms with Gasteiger partial charge in [-0.3, -0.25) is 29.3 Å². The first kappa shape index (κ1) is 118. The molecule has 9 nitrogen and oxygen atoms in total. The zero-order chi connectivity index (χ0) is 101. The van der Waals surface area contributed by atoms with Crippen molar-refractivity contribution >= 4 is 141 Å². The molecule has 0 aliphatic heterocycles. The van der Waals surface area contributed by atoms with Gasteiger partial charge in [0, 0.05) is 152 Å². The minimum atomic E-state index is -1.60. The van der Waals surface area contributed by atoms with Crippen LogP contribution in [0.1, 0.15) is 232 Å². The van der Waals surface area contributed by atoms with Crippen molar-refractivity contribution in [3.63, 3.8) is 0 Å². The molecule has 0 atom stereocenters. The Morgan fingerprint density at radius 2 is 0.645 bits per heavy atom. The molecule has 3 aromatic heterocycles. The molecular weight excluding hydrogens is 2300 g/mol. The minimum absolute atomic E-state index is 0. The summed E-state index contributed by atoms with van der Waals surface area (Å²) < 4.78 is 14.9. The Labute approximate surface area is 885 Å². The van der Waals surface area contributed by atoms with Crippen LogP contribution in [-0.2, 0) is 81.1 Å². The number of pyridine rings is 3. The SMILES string of the molecule is CC(C)Cc1ccc2c(ccc3c(-c4[c-]c5ccccc5c([Si](C)(C)C)c4)nccc32)c1.CCC(C)(CC)C(=O)C=C(O)C(C)(CC)CC.CCC(C)(CC)C(=O)C=C(O)C(C)(CC)CC.CCC(C)(CC)C(=O)C=C(O)C(C)(CC)CC.Cc1cc(-c2nccc3c2ccc2ccccc23)[c-]c2ccccc12.Cc1cc(F)c2c(ccc3c(-c4[c-]c5ccccc5c([Si](C)(C)C)c4)nccc32)c1.[Ir].[Ir].[Ir]. The second-order valence-corrected chi connectivity index (χ2v) is 52.2. The molecule has 3 radical (unpaired) electrons. The zero-order valence-electron chi connectivity index (χ0n) is 89.1. The van der Waals surface area contributed by atoms with E-state index in [0.717, 1.165) is 150 Å². The second-order valence-electron chi connectivity index (χ2n) is 42.2. The molecule has 0 saturated carbocycles. The number of halogens is 1. The third-order valence-corrected chi connectivity index (χ3v) is 34.9. The largest absolute Gasteiger partial charge is 0.512 e. The third kappa shape index (κ3) is 27.3. The van der Waals surface area contributed by atoms with Crippen molar-refractivity contribution < 1.29 is 94.4 Å². The van der Waals surface area contributed by atoms with Gasteiger partial charge in [-0.25, -0.2) is 4.39 Å². The van der Waals surface area contributed by atoms with E-state index < -0.39 is 16.1 Å². The maximum Gasteiger partial charge on any atom is 0.164 e. The van der Waals surface area contributed by atoms with Crippen LogP contribution in [0.3, 0.4) is 0 Å². The third-order valence-electron chi connectivity index (χ3n) is 30.8. The van der Waals surface area contributed by atoms with E-state index in [1.54, 1.807) is 12.3 Å². The van der Waals surface area contributed by atoms with E-state index in [0.29, 0.717) is 11.3 Å². The molecule has 15 heteroatoms. The van der Waals surface area contributed by atoms with Crippen LogP contribution in [-0.4, -0.2) is 63.8 Å². The number of allylic oxidation sites excluding steroid dienone is 6. The van der Waals surface area contributed by atoms with E-state index in [1.165, 1.54) is 104 Å². The van der Waals surface area contributed by atoms with Crippen LogP contribution in [0.25, 0.3) is 131 Å². The van der Waals surface area contributed by atoms with E-state index in [1.807, 2.05) is 162 Å². The van der Waals surface area contributed by atoms with Gasteiger partial charge in [0.2, 0.25) is 0 Å². The topological polar surface area (TPSA) is 151 Å². The number of benzene rings is 12. The van der Waals surface area contributed by atoms with Crippen molar-refractivity contribution in [3.8, 4) is 33.8 Å². The fraction of sp³-hybridized carbons (Fsp3) is 0.381. The van der Waals surface area contributed by atoms with Gasteiger partial charge in [-0.2, -0.15) is 0 Å². The van der Waals surface area contributed by atoms with Crippen LogP contribution in [0.2, 0.25) is 39.3 Å². The Balaban J connectivity index is 0.000000234. The molecule has 0 unspecified atom stereocenters. The smallest absolute Gasteiger partial charge is 0.164 e. The number of aryl methyl sites for hydroxylation is 2. The van der Waals surface area contributed by atoms with Gasteiger partial charge in [0.1, 0.15) is 23.1 Å². The number of nitrogens with zero attached hydrogens (tertiary/aromatic N) is 3. The number of hydrogen-bond acceptors (Lipinski definition) is 9. The molecule has 0 bridgehead atoms. The van der Waals surface area contributed by atoms with E-state index >= 15 is 0 Å². The van der Waals surface area contributed by atoms with Gasteiger partial charge in [-0.1, -0.05) is 357 Å². The number of rotatable bonds is 28. The summed E-state index contributed by atoms with van der Waals surface area (Å²) in [5, 5.41) is 54.0. The maximum absolute atomic E-state index is 14.9. The number of aliphatic hydroxyl groups is 3. The summed E-state index contributed by atoms with van der Waals surface area (Å²) in [6, 6.07) is 81.3. The van der Waals surface area contributed by atoms with Crippen LogP contribution in [0.15, 0.2) is 254 Å². The fourth-order valence-corrected chi connectivity index (χ4v) is 21.2. The Kier molecular flexibility index (Phi) is 42.6. The number of aromatic nitrogens is 3. The van der Waals surface area contributed by atoms with Crippen molar-refractivity contribution in [1.82, 2.24) is 15.0 Å². The summed E-state index contributed by atoms with van der Waals surface area (Å²) >= 11 is 0. The molecule has 3 heterocycles. The fourth-order valence-electron chi connectivity index (χ4n) is 18.0. The maximum atomic E-state index is 14.9. The van der Waals surface area contributed by atoms with Gasteiger partial charge < -0.3 is 15.3 Å². The molecule has 753 valence electrons. The Hall–Kier alpha value is -9.63. The van der Waals surface area contributed by atoms with Crippen LogP contribution in [0.4, 0.5) is 4.39 Å². The van der Waals surface area contributed by atoms with Crippen molar-refractivity contribution in [1.29, 1.82) is 0 Å². The van der Waals surface area contributed by atoms with Gasteiger partial charge >= 0.3 is 0 Å². The second kappa shape index (κ2) is 50.7. The van der Waals surface area contributed by atoms with Crippen LogP contribution < -0.4 is 10.4 Å². The van der Waals surface area contributed by atoms with Crippen molar-refractivity contribution in [2.75, 3.05) is 0 Å². The number of carbonyl (C=O) groups excluding carboxylic acids is 3. The molecule has 0 spiro atoms. The molecule has 0 amide bonds. The van der Waals surface area contributed by atoms with Crippen molar-refractivity contribution in [3.05, 3.63) is 295 Å². The molecule has 0 fully saturated rings. The van der Waals surface area contributed by atoms with Crippen molar-refractivity contribution in [2.24, 2.45) is 38.4 Å². The van der Waals surface area contributed by atoms with Gasteiger partial charge in [0.25, 0.3) is 0 Å². The summed E-state index contributed by atoms with van der Waals surface area (Å²) in [4.78, 5) is 50.8. The number of aliphatic hydroxyl groups excluding tert-OH is 3. The standard InChI is InChI=1S/C30H30NSi.C27H23FNSi.C24H16N.3C15H28O2.3Ir/c1-20(2)16-21-10-12-25-23(17-21)11-13-28-27(25)14-15-31-30(28)24-18-22-8-6-7-9-26(22)29(19-24)32(3,4)5;1-17-13-19-9-10-23-22(26(19)24(28)14-17)11-12-29-27(23)20-15-18-7-5-6-8-21(18)25(16-20)30(2,3)4;1-16-14-19(15-18-7-3-4-8-20(16)18)24-23-11-10-17-6-2-5-9-21(17)22(23)12-13-25-24;3*1-7-14(5,8-2)12(16)11-13(17)15(6,9-3)10-4;;;/h6-15,17,19-20H,16H2,1-5H3;5-14,16H,1-4H3;2-14H,1H3;3*11,16H,7-10H2,1-6H3;;;/q3*-1;;;;;;. The first-order chi connectivity index (χ1) is 65.3. The van der Waals surface area contributed by atoms with Crippen LogP contribution in [0.5, 0.6) is 0 Å². The molecule has 141 heavy (non-hydrogen) atoms. The van der Waals surface area contributed by atoms with Crippen LogP contribution >= 0.6 is 0 Å². The summed E-state index contributed by atoms with van der Waals surface area (Å²) in [5.74, 6) is 1.34. The summed E-state index contributed by atoms with van der Waals surface area (Å²) in [6.07, 6.45) is 21.0. The van der Waals surface area contributed by atoms with E-state index in [2.05, 4.69) is 254 Å². The molecule has 15 rings (SSSR count). The first-order valence-electron chi connectivity index (χ1n) is 50.6. The monoisotopic (exact) mass is 2460 g/mol. The minimum Gasteiger partial charge on any atom is -0.512 e. The molecule has 15 aromatic rings. The zero-order valence-corrected chi connectivity index (χ0v) is 98.3. The average Bonchev–Trinajstić information content (AvgIpc) is 0.752. The predicted octanol–water partition coefficient (Wildman–Crippen LogP) is 35.0. The van der Waals surface area contributed by atoms with Gasteiger partial charge in [-0.15, -0.1) is 86.7 Å². The summed E-state index contributed by atoms with van der Waals surface area (Å²) in [5.41, 5.74) is 7.79. The Bertz CT molecular complexity index is 6830. The average molecular weight is 2460 g/mol. The predicted molar refractivity (Wildman–Crippen MR) is 596 cm³/mol. The van der Waals surface area contributed by atoms with Crippen molar-refractivity contribution in [2.45, 2.75) is 275 Å². The van der Waals surface area contributed by atoms with E-state index in [-0.39, 0.29) is 133 Å². The molecule has 3 N–H and O–H groups in total. The van der Waals surface area contributed by atoms with Gasteiger partial charge in [-0.05, 0) is 191 Å². The number of hydrogen-bond donors (Lipinski definition) is 3. The Morgan fingerprint density at radius 3 is 1.01 bits per heavy atom. The molecular formula is C126H153FIr3N3O6Si2-3. The number of fused-ring (bicyclic) bond motifs is 12. The number of ketones is 3.